The van der Waals surface area contributed by atoms with E-state index < -0.39 is 5.97 Å². The first-order chi connectivity index (χ1) is 8.11. The molecule has 0 aliphatic rings. The van der Waals surface area contributed by atoms with Crippen LogP contribution in [0.2, 0.25) is 5.02 Å². The number of anilines is 1. The fraction of sp³-hybridized carbons (Fsp3) is 0.0833. The molecule has 0 bridgehead atoms. The van der Waals surface area contributed by atoms with E-state index in [-0.39, 0.29) is 5.76 Å². The molecule has 0 atom stereocenters. The Labute approximate surface area is 103 Å². The Morgan fingerprint density at radius 1 is 1.35 bits per heavy atom. The van der Waals surface area contributed by atoms with Gasteiger partial charge in [-0.25, -0.2) is 4.79 Å². The zero-order chi connectivity index (χ0) is 12.4. The molecule has 0 saturated heterocycles. The molecule has 88 valence electrons. The lowest BCUT2D eigenvalue weighted by molar-refractivity contribution is 0.0566. The molecule has 2 N–H and O–H groups in total. The largest absolute Gasteiger partial charge is 0.463 e. The Hall–Kier alpha value is -1.94. The number of hydrogen-bond donors (Lipinski definition) is 1. The number of methoxy groups -OCH3 is 1. The maximum Gasteiger partial charge on any atom is 0.373 e. The van der Waals surface area contributed by atoms with Crippen molar-refractivity contribution in [2.75, 3.05) is 12.8 Å². The van der Waals surface area contributed by atoms with Crippen molar-refractivity contribution in [3.63, 3.8) is 0 Å². The number of carbonyl (C=O) groups excluding carboxylic acids is 1. The Kier molecular flexibility index (Phi) is 3.06. The van der Waals surface area contributed by atoms with E-state index in [4.69, 9.17) is 21.8 Å². The lowest BCUT2D eigenvalue weighted by Crippen LogP contribution is -1.98. The Bertz CT molecular complexity index is 563. The van der Waals surface area contributed by atoms with Gasteiger partial charge in [0.25, 0.3) is 0 Å². The SMILES string of the molecule is COC(=O)c1ccc(-c2ccc(N)cc2Cl)o1. The Morgan fingerprint density at radius 3 is 2.76 bits per heavy atom. The Morgan fingerprint density at radius 2 is 2.12 bits per heavy atom. The third-order valence-corrected chi connectivity index (χ3v) is 2.56. The number of nitrogen functional groups attached to an aromatic ring is 1. The van der Waals surface area contributed by atoms with Crippen LogP contribution in [0, 0.1) is 0 Å². The molecule has 0 saturated carbocycles. The number of ether oxygens (including phenoxy) is 1. The summed E-state index contributed by atoms with van der Waals surface area (Å²) in [4.78, 5) is 11.2. The van der Waals surface area contributed by atoms with Crippen molar-refractivity contribution in [2.45, 2.75) is 0 Å². The molecule has 5 heteroatoms. The molecule has 2 aromatic rings. The van der Waals surface area contributed by atoms with Gasteiger partial charge in [0.2, 0.25) is 5.76 Å². The number of carbonyl (C=O) groups is 1. The minimum absolute atomic E-state index is 0.135. The van der Waals surface area contributed by atoms with Crippen molar-refractivity contribution in [1.82, 2.24) is 0 Å². The zero-order valence-corrected chi connectivity index (χ0v) is 9.82. The van der Waals surface area contributed by atoms with E-state index in [0.29, 0.717) is 22.0 Å². The van der Waals surface area contributed by atoms with E-state index >= 15 is 0 Å². The lowest BCUT2D eigenvalue weighted by Gasteiger charge is -2.01. The van der Waals surface area contributed by atoms with E-state index in [0.717, 1.165) is 0 Å². The topological polar surface area (TPSA) is 65.5 Å². The number of nitrogens with two attached hydrogens (primary N) is 1. The summed E-state index contributed by atoms with van der Waals surface area (Å²) in [6, 6.07) is 8.26. The first kappa shape index (κ1) is 11.5. The summed E-state index contributed by atoms with van der Waals surface area (Å²) in [5.74, 6) is 0.105. The number of rotatable bonds is 2. The molecule has 0 aliphatic heterocycles. The fourth-order valence-corrected chi connectivity index (χ4v) is 1.71. The Balaban J connectivity index is 2.40. The summed E-state index contributed by atoms with van der Waals surface area (Å²) in [5, 5.41) is 0.468. The molecule has 1 heterocycles. The third-order valence-electron chi connectivity index (χ3n) is 2.25. The van der Waals surface area contributed by atoms with Crippen LogP contribution in [0.25, 0.3) is 11.3 Å². The summed E-state index contributed by atoms with van der Waals surface area (Å²) < 4.78 is 9.89. The summed E-state index contributed by atoms with van der Waals surface area (Å²) in [6.07, 6.45) is 0. The predicted molar refractivity (Wildman–Crippen MR) is 64.9 cm³/mol. The van der Waals surface area contributed by atoms with Crippen LogP contribution in [0.3, 0.4) is 0 Å². The van der Waals surface area contributed by atoms with Gasteiger partial charge in [-0.1, -0.05) is 11.6 Å². The highest BCUT2D eigenvalue weighted by Crippen LogP contribution is 2.30. The van der Waals surface area contributed by atoms with Crippen molar-refractivity contribution >= 4 is 23.3 Å². The van der Waals surface area contributed by atoms with Crippen LogP contribution in [0.1, 0.15) is 10.6 Å². The number of esters is 1. The average Bonchev–Trinajstić information content (AvgIpc) is 2.77. The molecule has 2 rings (SSSR count). The maximum atomic E-state index is 11.2. The van der Waals surface area contributed by atoms with Gasteiger partial charge < -0.3 is 14.9 Å². The monoisotopic (exact) mass is 251 g/mol. The molecule has 0 spiro atoms. The summed E-state index contributed by atoms with van der Waals surface area (Å²) in [7, 11) is 1.29. The highest BCUT2D eigenvalue weighted by molar-refractivity contribution is 6.33. The smallest absolute Gasteiger partial charge is 0.373 e. The first-order valence-electron chi connectivity index (χ1n) is 4.85. The highest BCUT2D eigenvalue weighted by Gasteiger charge is 2.13. The summed E-state index contributed by atoms with van der Waals surface area (Å²) in [6.45, 7) is 0. The van der Waals surface area contributed by atoms with Crippen LogP contribution in [-0.2, 0) is 4.74 Å². The van der Waals surface area contributed by atoms with Crippen molar-refractivity contribution in [1.29, 1.82) is 0 Å². The van der Waals surface area contributed by atoms with Crippen LogP contribution in [0.5, 0.6) is 0 Å². The van der Waals surface area contributed by atoms with E-state index in [9.17, 15) is 4.79 Å². The second-order valence-electron chi connectivity index (χ2n) is 3.39. The molecule has 0 fully saturated rings. The molecule has 0 unspecified atom stereocenters. The molecule has 0 aliphatic carbocycles. The van der Waals surface area contributed by atoms with Crippen LogP contribution in [0.4, 0.5) is 5.69 Å². The third kappa shape index (κ3) is 2.26. The van der Waals surface area contributed by atoms with Crippen LogP contribution in [0.15, 0.2) is 34.7 Å². The van der Waals surface area contributed by atoms with Gasteiger partial charge in [-0.15, -0.1) is 0 Å². The second kappa shape index (κ2) is 4.51. The fourth-order valence-electron chi connectivity index (χ4n) is 1.42. The minimum Gasteiger partial charge on any atom is -0.463 e. The molecule has 1 aromatic heterocycles. The van der Waals surface area contributed by atoms with Gasteiger partial charge in [0.1, 0.15) is 5.76 Å². The molecule has 0 amide bonds. The van der Waals surface area contributed by atoms with E-state index in [2.05, 4.69) is 4.74 Å². The van der Waals surface area contributed by atoms with Gasteiger partial charge in [0.05, 0.1) is 12.1 Å². The van der Waals surface area contributed by atoms with Gasteiger partial charge in [-0.05, 0) is 30.3 Å². The summed E-state index contributed by atoms with van der Waals surface area (Å²) >= 11 is 6.03. The van der Waals surface area contributed by atoms with Crippen LogP contribution < -0.4 is 5.73 Å². The molecule has 17 heavy (non-hydrogen) atoms. The van der Waals surface area contributed by atoms with Crippen molar-refractivity contribution in [2.24, 2.45) is 0 Å². The molecule has 1 aromatic carbocycles. The standard InChI is InChI=1S/C12H10ClNO3/c1-16-12(15)11-5-4-10(17-11)8-3-2-7(14)6-9(8)13/h2-6H,14H2,1H3. The second-order valence-corrected chi connectivity index (χ2v) is 3.80. The maximum absolute atomic E-state index is 11.2. The van der Waals surface area contributed by atoms with Crippen LogP contribution in [-0.4, -0.2) is 13.1 Å². The van der Waals surface area contributed by atoms with E-state index in [1.807, 2.05) is 0 Å². The van der Waals surface area contributed by atoms with Gasteiger partial charge in [0, 0.05) is 11.3 Å². The minimum atomic E-state index is -0.525. The predicted octanol–water partition coefficient (Wildman–Crippen LogP) is 2.97. The van der Waals surface area contributed by atoms with Crippen molar-refractivity contribution in [3.05, 3.63) is 41.1 Å². The number of furan rings is 1. The van der Waals surface area contributed by atoms with Gasteiger partial charge >= 0.3 is 5.97 Å². The quantitative estimate of drug-likeness (QED) is 0.658. The van der Waals surface area contributed by atoms with Gasteiger partial charge in [-0.2, -0.15) is 0 Å². The average molecular weight is 252 g/mol. The molecular formula is C12H10ClNO3. The normalized spacial score (nSPS) is 10.2. The van der Waals surface area contributed by atoms with Crippen molar-refractivity contribution in [3.8, 4) is 11.3 Å². The number of hydrogen-bond acceptors (Lipinski definition) is 4. The van der Waals surface area contributed by atoms with E-state index in [1.54, 1.807) is 24.3 Å². The van der Waals surface area contributed by atoms with E-state index in [1.165, 1.54) is 13.2 Å². The van der Waals surface area contributed by atoms with Crippen LogP contribution >= 0.6 is 11.6 Å². The van der Waals surface area contributed by atoms with Gasteiger partial charge in [-0.3, -0.25) is 0 Å². The first-order valence-corrected chi connectivity index (χ1v) is 5.23. The van der Waals surface area contributed by atoms with Crippen molar-refractivity contribution < 1.29 is 13.9 Å². The lowest BCUT2D eigenvalue weighted by atomic mass is 10.1. The molecule has 0 radical (unpaired) electrons. The molecule has 4 nitrogen and oxygen atoms in total. The van der Waals surface area contributed by atoms with Gasteiger partial charge in [0.15, 0.2) is 0 Å². The zero-order valence-electron chi connectivity index (χ0n) is 9.07. The number of benzene rings is 1. The summed E-state index contributed by atoms with van der Waals surface area (Å²) in [5.41, 5.74) is 6.84. The number of halogens is 1. The molecular weight excluding hydrogens is 242 g/mol. The highest BCUT2D eigenvalue weighted by atomic mass is 35.5.